The minimum absolute atomic E-state index is 0.0412. The van der Waals surface area contributed by atoms with E-state index >= 15 is 0 Å². The predicted molar refractivity (Wildman–Crippen MR) is 104 cm³/mol. The van der Waals surface area contributed by atoms with Gasteiger partial charge < -0.3 is 0 Å². The van der Waals surface area contributed by atoms with Gasteiger partial charge in [0.1, 0.15) is 9.79 Å². The monoisotopic (exact) mass is 454 g/mol. The molecule has 0 saturated heterocycles. The lowest BCUT2D eigenvalue weighted by Crippen LogP contribution is -2.35. The number of benzene rings is 2. The van der Waals surface area contributed by atoms with E-state index in [2.05, 4.69) is 10.2 Å². The fourth-order valence-electron chi connectivity index (χ4n) is 2.07. The standard InChI is InChI=1S/C16H14N4O8S2/c21-15(19-17-9-11-5-1-3-7-13(11)29(23,24)25)16(22)20-18-10-12-6-2-4-8-14(12)30(26,27)28/h1-10H,(H,19,21)(H,20,22)(H,23,24,25)(H,26,27,28)/b17-9+,18-10+. The van der Waals surface area contributed by atoms with Gasteiger partial charge in [0.05, 0.1) is 12.4 Å². The number of nitrogens with one attached hydrogen (secondary N) is 2. The summed E-state index contributed by atoms with van der Waals surface area (Å²) < 4.78 is 63.2. The molecule has 30 heavy (non-hydrogen) atoms. The van der Waals surface area contributed by atoms with Crippen molar-refractivity contribution >= 4 is 44.5 Å². The van der Waals surface area contributed by atoms with Crippen LogP contribution in [0.5, 0.6) is 0 Å². The molecule has 0 aliphatic heterocycles. The highest BCUT2D eigenvalue weighted by atomic mass is 32.2. The van der Waals surface area contributed by atoms with Gasteiger partial charge in [-0.25, -0.2) is 10.9 Å². The largest absolute Gasteiger partial charge is 0.331 e. The van der Waals surface area contributed by atoms with E-state index in [1.807, 2.05) is 10.9 Å². The molecule has 0 aliphatic rings. The third-order valence-electron chi connectivity index (χ3n) is 3.34. The second-order valence-corrected chi connectivity index (χ2v) is 8.20. The molecule has 2 aromatic rings. The first-order chi connectivity index (χ1) is 14.0. The molecule has 0 bridgehead atoms. The summed E-state index contributed by atoms with van der Waals surface area (Å²) in [5.74, 6) is -2.54. The van der Waals surface area contributed by atoms with Crippen LogP contribution in [0.3, 0.4) is 0 Å². The van der Waals surface area contributed by atoms with Gasteiger partial charge in [0.25, 0.3) is 20.2 Å². The highest BCUT2D eigenvalue weighted by Gasteiger charge is 2.15. The number of rotatable bonds is 6. The molecule has 12 nitrogen and oxygen atoms in total. The Morgan fingerprint density at radius 1 is 0.700 bits per heavy atom. The van der Waals surface area contributed by atoms with E-state index < -0.39 is 41.8 Å². The van der Waals surface area contributed by atoms with Crippen molar-refractivity contribution in [2.24, 2.45) is 10.2 Å². The molecule has 0 spiro atoms. The van der Waals surface area contributed by atoms with E-state index in [1.54, 1.807) is 0 Å². The van der Waals surface area contributed by atoms with Gasteiger partial charge in [0.2, 0.25) is 0 Å². The number of hydrogen-bond donors (Lipinski definition) is 4. The Morgan fingerprint density at radius 2 is 1.03 bits per heavy atom. The lowest BCUT2D eigenvalue weighted by Gasteiger charge is -2.02. The summed E-state index contributed by atoms with van der Waals surface area (Å²) in [6.07, 6.45) is 1.81. The fourth-order valence-corrected chi connectivity index (χ4v) is 3.40. The molecule has 0 aromatic heterocycles. The molecule has 2 amide bonds. The summed E-state index contributed by atoms with van der Waals surface area (Å²) in [5.41, 5.74) is 3.57. The lowest BCUT2D eigenvalue weighted by molar-refractivity contribution is -0.139. The number of amides is 2. The fraction of sp³-hybridized carbons (Fsp3) is 0. The van der Waals surface area contributed by atoms with Crippen LogP contribution in [0, 0.1) is 0 Å². The summed E-state index contributed by atoms with van der Waals surface area (Å²) in [5, 5.41) is 6.85. The SMILES string of the molecule is O=C(N/N=C/c1ccccc1S(=O)(=O)O)C(=O)N/N=C/c1ccccc1S(=O)(=O)O. The summed E-state index contributed by atoms with van der Waals surface area (Å²) in [6.45, 7) is 0. The molecule has 0 saturated carbocycles. The number of carbonyl (C=O) groups excluding carboxylic acids is 2. The van der Waals surface area contributed by atoms with Crippen molar-refractivity contribution in [1.29, 1.82) is 0 Å². The third-order valence-corrected chi connectivity index (χ3v) is 5.19. The van der Waals surface area contributed by atoms with Crippen LogP contribution < -0.4 is 10.9 Å². The second-order valence-electron chi connectivity index (χ2n) is 5.42. The normalized spacial score (nSPS) is 12.2. The van der Waals surface area contributed by atoms with Crippen molar-refractivity contribution in [2.75, 3.05) is 0 Å². The molecule has 0 aliphatic carbocycles. The predicted octanol–water partition coefficient (Wildman–Crippen LogP) is -0.220. The maximum absolute atomic E-state index is 11.7. The number of nitrogens with zero attached hydrogens (tertiary/aromatic N) is 2. The van der Waals surface area contributed by atoms with Crippen LogP contribution in [-0.2, 0) is 29.8 Å². The van der Waals surface area contributed by atoms with Crippen molar-refractivity contribution < 1.29 is 35.5 Å². The van der Waals surface area contributed by atoms with Gasteiger partial charge in [0.15, 0.2) is 0 Å². The molecule has 158 valence electrons. The molecule has 4 N–H and O–H groups in total. The van der Waals surface area contributed by atoms with Crippen LogP contribution in [0.2, 0.25) is 0 Å². The van der Waals surface area contributed by atoms with Crippen molar-refractivity contribution in [3.05, 3.63) is 59.7 Å². The lowest BCUT2D eigenvalue weighted by atomic mass is 10.2. The average molecular weight is 454 g/mol. The van der Waals surface area contributed by atoms with E-state index in [4.69, 9.17) is 9.11 Å². The van der Waals surface area contributed by atoms with Crippen molar-refractivity contribution in [1.82, 2.24) is 10.9 Å². The summed E-state index contributed by atoms with van der Waals surface area (Å²) in [7, 11) is -9.03. The van der Waals surface area contributed by atoms with Gasteiger partial charge in [-0.05, 0) is 12.1 Å². The van der Waals surface area contributed by atoms with Gasteiger partial charge in [-0.15, -0.1) is 0 Å². The Morgan fingerprint density at radius 3 is 1.37 bits per heavy atom. The van der Waals surface area contributed by atoms with Gasteiger partial charge in [-0.2, -0.15) is 27.0 Å². The Balaban J connectivity index is 2.01. The molecular formula is C16H14N4O8S2. The molecule has 14 heteroatoms. The maximum Gasteiger partial charge on any atom is 0.331 e. The minimum atomic E-state index is -4.52. The Bertz CT molecular complexity index is 1140. The van der Waals surface area contributed by atoms with Crippen LogP contribution in [-0.4, -0.2) is 50.2 Å². The highest BCUT2D eigenvalue weighted by Crippen LogP contribution is 2.13. The number of hydrazone groups is 2. The van der Waals surface area contributed by atoms with Crippen molar-refractivity contribution in [3.63, 3.8) is 0 Å². The highest BCUT2D eigenvalue weighted by molar-refractivity contribution is 7.86. The Kier molecular flexibility index (Phi) is 7.12. The topological polar surface area (TPSA) is 192 Å². The van der Waals surface area contributed by atoms with Gasteiger partial charge in [-0.1, -0.05) is 36.4 Å². The zero-order valence-electron chi connectivity index (χ0n) is 14.8. The zero-order chi connectivity index (χ0) is 22.4. The smallest absolute Gasteiger partial charge is 0.282 e. The Hall–Kier alpha value is -3.46. The number of carbonyl (C=O) groups is 2. The van der Waals surface area contributed by atoms with E-state index in [0.717, 1.165) is 24.6 Å². The average Bonchev–Trinajstić information content (AvgIpc) is 2.67. The summed E-state index contributed by atoms with van der Waals surface area (Å²) >= 11 is 0. The molecule has 0 heterocycles. The first-order valence-electron chi connectivity index (χ1n) is 7.79. The molecule has 2 rings (SSSR count). The first kappa shape index (κ1) is 22.8. The van der Waals surface area contributed by atoms with Crippen LogP contribution in [0.15, 0.2) is 68.5 Å². The molecule has 0 radical (unpaired) electrons. The molecular weight excluding hydrogens is 440 g/mol. The van der Waals surface area contributed by atoms with Gasteiger partial charge in [0, 0.05) is 11.1 Å². The first-order valence-corrected chi connectivity index (χ1v) is 10.7. The molecule has 0 fully saturated rings. The van der Waals surface area contributed by atoms with Gasteiger partial charge in [-0.3, -0.25) is 18.7 Å². The second kappa shape index (κ2) is 9.36. The molecule has 0 unspecified atom stereocenters. The van der Waals surface area contributed by atoms with Crippen molar-refractivity contribution in [2.45, 2.75) is 9.79 Å². The van der Waals surface area contributed by atoms with Crippen LogP contribution in [0.1, 0.15) is 11.1 Å². The van der Waals surface area contributed by atoms with Crippen LogP contribution in [0.4, 0.5) is 0 Å². The number of hydrogen-bond acceptors (Lipinski definition) is 8. The van der Waals surface area contributed by atoms with E-state index in [-0.39, 0.29) is 11.1 Å². The summed E-state index contributed by atoms with van der Waals surface area (Å²) in [6, 6.07) is 10.5. The van der Waals surface area contributed by atoms with E-state index in [9.17, 15) is 26.4 Å². The molecule has 0 atom stereocenters. The van der Waals surface area contributed by atoms with Crippen LogP contribution in [0.25, 0.3) is 0 Å². The zero-order valence-corrected chi connectivity index (χ0v) is 16.5. The van der Waals surface area contributed by atoms with Crippen molar-refractivity contribution in [3.8, 4) is 0 Å². The van der Waals surface area contributed by atoms with Crippen LogP contribution >= 0.6 is 0 Å². The van der Waals surface area contributed by atoms with Gasteiger partial charge >= 0.3 is 11.8 Å². The molecule has 2 aromatic carbocycles. The minimum Gasteiger partial charge on any atom is -0.282 e. The Labute approximate surface area is 170 Å². The third kappa shape index (κ3) is 6.28. The maximum atomic E-state index is 11.7. The van der Waals surface area contributed by atoms with E-state index in [1.165, 1.54) is 36.4 Å². The van der Waals surface area contributed by atoms with E-state index in [0.29, 0.717) is 0 Å². The summed E-state index contributed by atoms with van der Waals surface area (Å²) in [4.78, 5) is 22.4. The quantitative estimate of drug-likeness (QED) is 0.199.